The molecule has 0 aliphatic heterocycles. The third-order valence-electron chi connectivity index (χ3n) is 3.18. The number of rotatable bonds is 3. The molecule has 0 fully saturated rings. The van der Waals surface area contributed by atoms with E-state index in [1.54, 1.807) is 13.2 Å². The topological polar surface area (TPSA) is 47.0 Å². The van der Waals surface area contributed by atoms with E-state index in [1.165, 1.54) is 0 Å². The van der Waals surface area contributed by atoms with Gasteiger partial charge in [0.05, 0.1) is 7.11 Å². The zero-order valence-electron chi connectivity index (χ0n) is 11.4. The van der Waals surface area contributed by atoms with Crippen LogP contribution in [0.3, 0.4) is 0 Å². The van der Waals surface area contributed by atoms with Crippen molar-refractivity contribution in [2.45, 2.75) is 13.8 Å². The minimum absolute atomic E-state index is 0.646. The lowest BCUT2D eigenvalue weighted by molar-refractivity contribution is 0.416. The smallest absolute Gasteiger partial charge is 0.151 e. The van der Waals surface area contributed by atoms with Crippen molar-refractivity contribution in [1.82, 2.24) is 10.2 Å². The van der Waals surface area contributed by atoms with E-state index < -0.39 is 0 Å². The number of anilines is 1. The summed E-state index contributed by atoms with van der Waals surface area (Å²) in [6.07, 6.45) is 0. The maximum atomic E-state index is 6.06. The van der Waals surface area contributed by atoms with Crippen LogP contribution in [0.5, 0.6) is 5.75 Å². The van der Waals surface area contributed by atoms with E-state index in [2.05, 4.69) is 15.5 Å². The van der Waals surface area contributed by atoms with Crippen molar-refractivity contribution in [3.05, 3.63) is 34.3 Å². The molecule has 1 N–H and O–H groups in total. The van der Waals surface area contributed by atoms with Gasteiger partial charge in [0.15, 0.2) is 5.82 Å². The summed E-state index contributed by atoms with van der Waals surface area (Å²) in [5, 5.41) is 12.1. The van der Waals surface area contributed by atoms with Crippen LogP contribution in [0, 0.1) is 13.8 Å². The van der Waals surface area contributed by atoms with Gasteiger partial charge < -0.3 is 10.1 Å². The van der Waals surface area contributed by atoms with Crippen molar-refractivity contribution in [3.8, 4) is 17.0 Å². The molecule has 1 heterocycles. The predicted molar refractivity (Wildman–Crippen MR) is 78.1 cm³/mol. The first-order valence-electron chi connectivity index (χ1n) is 5.94. The van der Waals surface area contributed by atoms with Gasteiger partial charge in [-0.2, -0.15) is 0 Å². The average Bonchev–Trinajstić information content (AvgIpc) is 2.42. The van der Waals surface area contributed by atoms with Gasteiger partial charge in [-0.25, -0.2) is 0 Å². The van der Waals surface area contributed by atoms with E-state index in [0.717, 1.165) is 34.0 Å². The molecule has 1 aromatic carbocycles. The highest BCUT2D eigenvalue weighted by atomic mass is 35.5. The predicted octanol–water partition coefficient (Wildman–Crippen LogP) is 3.46. The van der Waals surface area contributed by atoms with Crippen LogP contribution in [0.15, 0.2) is 18.2 Å². The first kappa shape index (κ1) is 13.6. The Labute approximate surface area is 117 Å². The van der Waals surface area contributed by atoms with Crippen molar-refractivity contribution in [2.75, 3.05) is 19.5 Å². The SMILES string of the molecule is CNc1nnc(-c2cc(Cl)ccc2OC)c(C)c1C. The lowest BCUT2D eigenvalue weighted by Gasteiger charge is -2.13. The number of benzene rings is 1. The zero-order valence-corrected chi connectivity index (χ0v) is 12.2. The molecule has 0 amide bonds. The largest absolute Gasteiger partial charge is 0.496 e. The number of methoxy groups -OCH3 is 1. The molecule has 0 radical (unpaired) electrons. The molecule has 0 aliphatic rings. The zero-order chi connectivity index (χ0) is 14.0. The Hall–Kier alpha value is -1.81. The van der Waals surface area contributed by atoms with Crippen LogP contribution < -0.4 is 10.1 Å². The molecular formula is C14H16ClN3O. The summed E-state index contributed by atoms with van der Waals surface area (Å²) in [5.74, 6) is 1.51. The second kappa shape index (κ2) is 5.45. The van der Waals surface area contributed by atoms with Gasteiger partial charge in [0.1, 0.15) is 11.4 Å². The number of halogens is 1. The Morgan fingerprint density at radius 2 is 1.89 bits per heavy atom. The van der Waals surface area contributed by atoms with Gasteiger partial charge in [-0.05, 0) is 43.2 Å². The molecule has 0 unspecified atom stereocenters. The first-order valence-corrected chi connectivity index (χ1v) is 6.31. The number of hydrogen-bond donors (Lipinski definition) is 1. The normalized spacial score (nSPS) is 10.4. The summed E-state index contributed by atoms with van der Waals surface area (Å²) in [5.41, 5.74) is 3.76. The van der Waals surface area contributed by atoms with Crippen LogP contribution in [0.1, 0.15) is 11.1 Å². The molecule has 19 heavy (non-hydrogen) atoms. The molecule has 5 heteroatoms. The summed E-state index contributed by atoms with van der Waals surface area (Å²) in [6.45, 7) is 4.02. The van der Waals surface area contributed by atoms with Gasteiger partial charge in [-0.3, -0.25) is 0 Å². The van der Waals surface area contributed by atoms with Crippen LogP contribution in [0.4, 0.5) is 5.82 Å². The number of nitrogens with zero attached hydrogens (tertiary/aromatic N) is 2. The van der Waals surface area contributed by atoms with E-state index in [9.17, 15) is 0 Å². The van der Waals surface area contributed by atoms with E-state index in [0.29, 0.717) is 5.02 Å². The minimum atomic E-state index is 0.646. The Balaban J connectivity index is 2.65. The third-order valence-corrected chi connectivity index (χ3v) is 3.41. The molecule has 4 nitrogen and oxygen atoms in total. The quantitative estimate of drug-likeness (QED) is 0.933. The third kappa shape index (κ3) is 2.49. The molecule has 0 atom stereocenters. The van der Waals surface area contributed by atoms with Gasteiger partial charge in [0.2, 0.25) is 0 Å². The van der Waals surface area contributed by atoms with Crippen LogP contribution in [-0.4, -0.2) is 24.4 Å². The Bertz CT molecular complexity index is 614. The standard InChI is InChI=1S/C14H16ClN3O/c1-8-9(2)14(16-3)18-17-13(8)11-7-10(15)5-6-12(11)19-4/h5-7H,1-4H3,(H,16,18). The fourth-order valence-corrected chi connectivity index (χ4v) is 2.14. The number of hydrogen-bond acceptors (Lipinski definition) is 4. The molecule has 100 valence electrons. The highest BCUT2D eigenvalue weighted by molar-refractivity contribution is 6.31. The van der Waals surface area contributed by atoms with Crippen molar-refractivity contribution in [2.24, 2.45) is 0 Å². The molecule has 0 aliphatic carbocycles. The van der Waals surface area contributed by atoms with Gasteiger partial charge in [-0.15, -0.1) is 10.2 Å². The molecule has 0 bridgehead atoms. The van der Waals surface area contributed by atoms with E-state index in [1.807, 2.05) is 33.0 Å². The summed E-state index contributed by atoms with van der Waals surface area (Å²) in [7, 11) is 3.46. The molecule has 2 aromatic rings. The van der Waals surface area contributed by atoms with Crippen molar-refractivity contribution in [3.63, 3.8) is 0 Å². The first-order chi connectivity index (χ1) is 9.08. The highest BCUT2D eigenvalue weighted by Crippen LogP contribution is 2.34. The van der Waals surface area contributed by atoms with Crippen molar-refractivity contribution >= 4 is 17.4 Å². The second-order valence-electron chi connectivity index (χ2n) is 4.24. The van der Waals surface area contributed by atoms with Gasteiger partial charge in [0.25, 0.3) is 0 Å². The Morgan fingerprint density at radius 3 is 2.53 bits per heavy atom. The number of nitrogens with one attached hydrogen (secondary N) is 1. The molecular weight excluding hydrogens is 262 g/mol. The van der Waals surface area contributed by atoms with E-state index in [-0.39, 0.29) is 0 Å². The lowest BCUT2D eigenvalue weighted by atomic mass is 10.0. The van der Waals surface area contributed by atoms with Crippen LogP contribution in [-0.2, 0) is 0 Å². The van der Waals surface area contributed by atoms with Crippen molar-refractivity contribution in [1.29, 1.82) is 0 Å². The molecule has 1 aromatic heterocycles. The second-order valence-corrected chi connectivity index (χ2v) is 4.68. The number of aromatic nitrogens is 2. The monoisotopic (exact) mass is 277 g/mol. The molecule has 0 saturated carbocycles. The van der Waals surface area contributed by atoms with E-state index >= 15 is 0 Å². The Morgan fingerprint density at radius 1 is 1.16 bits per heavy atom. The molecule has 0 saturated heterocycles. The maximum absolute atomic E-state index is 6.06. The maximum Gasteiger partial charge on any atom is 0.151 e. The summed E-state index contributed by atoms with van der Waals surface area (Å²) in [4.78, 5) is 0. The lowest BCUT2D eigenvalue weighted by Crippen LogP contribution is -2.03. The minimum Gasteiger partial charge on any atom is -0.496 e. The summed E-state index contributed by atoms with van der Waals surface area (Å²) < 4.78 is 5.36. The summed E-state index contributed by atoms with van der Waals surface area (Å²) >= 11 is 6.06. The van der Waals surface area contributed by atoms with Crippen LogP contribution >= 0.6 is 11.6 Å². The van der Waals surface area contributed by atoms with Gasteiger partial charge in [-0.1, -0.05) is 11.6 Å². The fourth-order valence-electron chi connectivity index (χ4n) is 1.96. The Kier molecular flexibility index (Phi) is 3.90. The van der Waals surface area contributed by atoms with E-state index in [4.69, 9.17) is 16.3 Å². The molecule has 2 rings (SSSR count). The highest BCUT2D eigenvalue weighted by Gasteiger charge is 2.14. The fraction of sp³-hybridized carbons (Fsp3) is 0.286. The van der Waals surface area contributed by atoms with Crippen LogP contribution in [0.25, 0.3) is 11.3 Å². The summed E-state index contributed by atoms with van der Waals surface area (Å²) in [6, 6.07) is 5.47. The average molecular weight is 278 g/mol. The van der Waals surface area contributed by atoms with Gasteiger partial charge >= 0.3 is 0 Å². The number of ether oxygens (including phenoxy) is 1. The molecule has 0 spiro atoms. The van der Waals surface area contributed by atoms with Crippen LogP contribution in [0.2, 0.25) is 5.02 Å². The van der Waals surface area contributed by atoms with Crippen molar-refractivity contribution < 1.29 is 4.74 Å². The van der Waals surface area contributed by atoms with Gasteiger partial charge in [0, 0.05) is 17.6 Å².